The Balaban J connectivity index is 1.40. The normalized spacial score (nSPS) is 15.6. The molecule has 0 radical (unpaired) electrons. The number of anilines is 2. The van der Waals surface area contributed by atoms with Gasteiger partial charge in [-0.3, -0.25) is 9.59 Å². The molecule has 1 aliphatic heterocycles. The van der Waals surface area contributed by atoms with Crippen LogP contribution in [-0.4, -0.2) is 40.2 Å². The summed E-state index contributed by atoms with van der Waals surface area (Å²) in [5.74, 6) is 0.919. The molecule has 8 nitrogen and oxygen atoms in total. The van der Waals surface area contributed by atoms with E-state index >= 15 is 0 Å². The quantitative estimate of drug-likeness (QED) is 0.470. The highest BCUT2D eigenvalue weighted by molar-refractivity contribution is 6.04. The number of fused-ring (bicyclic) bond motifs is 1. The lowest BCUT2D eigenvalue weighted by Gasteiger charge is -2.20. The number of hydrogen-bond acceptors (Lipinski definition) is 5. The Morgan fingerprint density at radius 2 is 1.89 bits per heavy atom. The van der Waals surface area contributed by atoms with E-state index in [1.165, 1.54) is 0 Å². The zero-order valence-corrected chi connectivity index (χ0v) is 20.2. The molecule has 3 heterocycles. The van der Waals surface area contributed by atoms with Gasteiger partial charge in [-0.25, -0.2) is 4.98 Å². The van der Waals surface area contributed by atoms with Crippen molar-refractivity contribution in [1.29, 1.82) is 0 Å². The molecule has 2 aromatic carbocycles. The van der Waals surface area contributed by atoms with Crippen LogP contribution in [0.25, 0.3) is 16.7 Å². The first-order valence-corrected chi connectivity index (χ1v) is 11.5. The van der Waals surface area contributed by atoms with E-state index in [9.17, 15) is 9.59 Å². The Bertz CT molecular complexity index is 1460. The molecular formula is C27H27N5O3. The van der Waals surface area contributed by atoms with Gasteiger partial charge in [0.2, 0.25) is 11.8 Å². The second kappa shape index (κ2) is 8.87. The zero-order valence-electron chi connectivity index (χ0n) is 20.2. The number of benzene rings is 2. The number of amides is 2. The first-order valence-electron chi connectivity index (χ1n) is 11.5. The van der Waals surface area contributed by atoms with Gasteiger partial charge in [-0.15, -0.1) is 0 Å². The smallest absolute Gasteiger partial charge is 0.230 e. The number of rotatable bonds is 5. The van der Waals surface area contributed by atoms with Gasteiger partial charge in [-0.1, -0.05) is 24.3 Å². The summed E-state index contributed by atoms with van der Waals surface area (Å²) in [6, 6.07) is 17.4. The number of pyridine rings is 1. The SMILES string of the molecule is COc1ccc(C)cc1N1CC(C(=O)Nc2cc(C)nn2-c2cc(C)c3ccccc3n2)CC1=O. The molecule has 35 heavy (non-hydrogen) atoms. The average Bonchev–Trinajstić information content (AvgIpc) is 3.41. The number of ether oxygens (including phenoxy) is 1. The van der Waals surface area contributed by atoms with Crippen LogP contribution in [0.4, 0.5) is 11.5 Å². The molecule has 0 bridgehead atoms. The molecule has 0 saturated carbocycles. The molecule has 5 rings (SSSR count). The molecule has 1 saturated heterocycles. The second-order valence-corrected chi connectivity index (χ2v) is 8.97. The molecule has 178 valence electrons. The van der Waals surface area contributed by atoms with Crippen LogP contribution in [0.5, 0.6) is 5.75 Å². The van der Waals surface area contributed by atoms with Gasteiger partial charge in [-0.05, 0) is 56.2 Å². The maximum Gasteiger partial charge on any atom is 0.230 e. The average molecular weight is 470 g/mol. The van der Waals surface area contributed by atoms with Gasteiger partial charge in [0.05, 0.1) is 29.9 Å². The monoisotopic (exact) mass is 469 g/mol. The Morgan fingerprint density at radius 3 is 2.69 bits per heavy atom. The number of para-hydroxylation sites is 1. The molecule has 1 atom stereocenters. The largest absolute Gasteiger partial charge is 0.495 e. The van der Waals surface area contributed by atoms with Gasteiger partial charge in [0.15, 0.2) is 5.82 Å². The number of methoxy groups -OCH3 is 1. The fourth-order valence-corrected chi connectivity index (χ4v) is 4.56. The van der Waals surface area contributed by atoms with Crippen LogP contribution < -0.4 is 15.0 Å². The Kier molecular flexibility index (Phi) is 5.72. The molecular weight excluding hydrogens is 442 g/mol. The highest BCUT2D eigenvalue weighted by Gasteiger charge is 2.36. The Morgan fingerprint density at radius 1 is 1.09 bits per heavy atom. The number of aryl methyl sites for hydroxylation is 3. The van der Waals surface area contributed by atoms with Crippen molar-refractivity contribution in [3.63, 3.8) is 0 Å². The van der Waals surface area contributed by atoms with Crippen molar-refractivity contribution in [2.75, 3.05) is 23.9 Å². The van der Waals surface area contributed by atoms with Crippen LogP contribution >= 0.6 is 0 Å². The standard InChI is InChI=1S/C27H27N5O3/c1-16-9-10-23(35-4)22(11-16)31-15-19(14-26(31)33)27(34)29-25-13-18(3)30-32(25)24-12-17(2)20-7-5-6-8-21(20)28-24/h5-13,19H,14-15H2,1-4H3,(H,29,34). The van der Waals surface area contributed by atoms with E-state index in [4.69, 9.17) is 9.72 Å². The summed E-state index contributed by atoms with van der Waals surface area (Å²) in [5.41, 5.74) is 4.38. The minimum absolute atomic E-state index is 0.106. The number of hydrogen-bond donors (Lipinski definition) is 1. The van der Waals surface area contributed by atoms with Gasteiger partial charge in [0.1, 0.15) is 11.6 Å². The van der Waals surface area contributed by atoms with Crippen molar-refractivity contribution < 1.29 is 14.3 Å². The van der Waals surface area contributed by atoms with Crippen LogP contribution in [0.1, 0.15) is 23.2 Å². The van der Waals surface area contributed by atoms with Crippen molar-refractivity contribution in [2.24, 2.45) is 5.92 Å². The molecule has 4 aromatic rings. The third kappa shape index (κ3) is 4.23. The number of nitrogens with one attached hydrogen (secondary N) is 1. The van der Waals surface area contributed by atoms with Gasteiger partial charge in [0, 0.05) is 24.4 Å². The fourth-order valence-electron chi connectivity index (χ4n) is 4.56. The van der Waals surface area contributed by atoms with E-state index in [1.54, 1.807) is 16.7 Å². The van der Waals surface area contributed by atoms with E-state index in [0.717, 1.165) is 27.7 Å². The molecule has 2 amide bonds. The lowest BCUT2D eigenvalue weighted by atomic mass is 10.1. The minimum Gasteiger partial charge on any atom is -0.495 e. The molecule has 1 aliphatic rings. The highest BCUT2D eigenvalue weighted by atomic mass is 16.5. The summed E-state index contributed by atoms with van der Waals surface area (Å²) >= 11 is 0. The summed E-state index contributed by atoms with van der Waals surface area (Å²) in [4.78, 5) is 32.5. The third-order valence-corrected chi connectivity index (χ3v) is 6.33. The number of nitrogens with zero attached hydrogens (tertiary/aromatic N) is 4. The maximum atomic E-state index is 13.2. The van der Waals surface area contributed by atoms with E-state index in [0.29, 0.717) is 23.1 Å². The maximum absolute atomic E-state index is 13.2. The van der Waals surface area contributed by atoms with Gasteiger partial charge < -0.3 is 15.0 Å². The molecule has 2 aromatic heterocycles. The topological polar surface area (TPSA) is 89.3 Å². The van der Waals surface area contributed by atoms with Gasteiger partial charge >= 0.3 is 0 Å². The number of aromatic nitrogens is 3. The van der Waals surface area contributed by atoms with E-state index in [1.807, 2.05) is 75.4 Å². The second-order valence-electron chi connectivity index (χ2n) is 8.97. The first kappa shape index (κ1) is 22.6. The predicted molar refractivity (Wildman–Crippen MR) is 135 cm³/mol. The molecule has 1 fully saturated rings. The van der Waals surface area contributed by atoms with Crippen molar-refractivity contribution in [2.45, 2.75) is 27.2 Å². The Labute approximate surface area is 203 Å². The lowest BCUT2D eigenvalue weighted by molar-refractivity contribution is -0.122. The Hall–Kier alpha value is -4.20. The van der Waals surface area contributed by atoms with Crippen molar-refractivity contribution in [3.8, 4) is 11.6 Å². The first-order chi connectivity index (χ1) is 16.8. The lowest BCUT2D eigenvalue weighted by Crippen LogP contribution is -2.29. The van der Waals surface area contributed by atoms with Crippen LogP contribution in [0, 0.1) is 26.7 Å². The number of carbonyl (C=O) groups excluding carboxylic acids is 2. The minimum atomic E-state index is -0.498. The van der Waals surface area contributed by atoms with Crippen LogP contribution in [0.3, 0.4) is 0 Å². The van der Waals surface area contributed by atoms with Crippen LogP contribution in [0.15, 0.2) is 54.6 Å². The summed E-state index contributed by atoms with van der Waals surface area (Å²) in [6.45, 7) is 6.13. The van der Waals surface area contributed by atoms with Crippen LogP contribution in [0.2, 0.25) is 0 Å². The van der Waals surface area contributed by atoms with Crippen molar-refractivity contribution in [3.05, 3.63) is 71.4 Å². The van der Waals surface area contributed by atoms with Crippen molar-refractivity contribution in [1.82, 2.24) is 14.8 Å². The third-order valence-electron chi connectivity index (χ3n) is 6.33. The van der Waals surface area contributed by atoms with E-state index in [-0.39, 0.29) is 24.8 Å². The summed E-state index contributed by atoms with van der Waals surface area (Å²) in [6.07, 6.45) is 0.128. The summed E-state index contributed by atoms with van der Waals surface area (Å²) in [5, 5.41) is 8.62. The highest BCUT2D eigenvalue weighted by Crippen LogP contribution is 2.34. The zero-order chi connectivity index (χ0) is 24.7. The molecule has 0 spiro atoms. The van der Waals surface area contributed by atoms with Gasteiger partial charge in [-0.2, -0.15) is 9.78 Å². The molecule has 8 heteroatoms. The van der Waals surface area contributed by atoms with E-state index in [2.05, 4.69) is 10.4 Å². The van der Waals surface area contributed by atoms with Gasteiger partial charge in [0.25, 0.3) is 0 Å². The van der Waals surface area contributed by atoms with Crippen LogP contribution in [-0.2, 0) is 9.59 Å². The van der Waals surface area contributed by atoms with E-state index < -0.39 is 5.92 Å². The number of carbonyl (C=O) groups is 2. The molecule has 1 unspecified atom stereocenters. The fraction of sp³-hybridized carbons (Fsp3) is 0.259. The van der Waals surface area contributed by atoms with Crippen molar-refractivity contribution >= 4 is 34.2 Å². The molecule has 0 aliphatic carbocycles. The summed E-state index contributed by atoms with van der Waals surface area (Å²) in [7, 11) is 1.57. The predicted octanol–water partition coefficient (Wildman–Crippen LogP) is 4.35. The molecule has 1 N–H and O–H groups in total. The summed E-state index contributed by atoms with van der Waals surface area (Å²) < 4.78 is 7.09.